The summed E-state index contributed by atoms with van der Waals surface area (Å²) in [6, 6.07) is 8.22. The van der Waals surface area contributed by atoms with Crippen LogP contribution in [-0.4, -0.2) is 31.5 Å². The SMILES string of the molecule is CC1CC(O)(Cc2nn(C)c3ccccc23)CS1. The minimum Gasteiger partial charge on any atom is -0.389 e. The standard InChI is InChI=1S/C14H18N2OS/c1-10-7-14(17,9-18-10)8-12-11-5-3-4-6-13(11)16(2)15-12/h3-6,10,17H,7-9H2,1-2H3. The van der Waals surface area contributed by atoms with Crippen LogP contribution in [0.5, 0.6) is 0 Å². The van der Waals surface area contributed by atoms with Crippen molar-refractivity contribution in [2.24, 2.45) is 7.05 Å². The molecule has 2 heterocycles. The molecule has 0 radical (unpaired) electrons. The molecule has 1 aliphatic rings. The van der Waals surface area contributed by atoms with Gasteiger partial charge in [0.1, 0.15) is 0 Å². The second-order valence-corrected chi connectivity index (χ2v) is 6.74. The van der Waals surface area contributed by atoms with Crippen LogP contribution >= 0.6 is 11.8 Å². The molecule has 18 heavy (non-hydrogen) atoms. The molecule has 96 valence electrons. The van der Waals surface area contributed by atoms with Gasteiger partial charge in [-0.05, 0) is 12.5 Å². The molecule has 2 unspecified atom stereocenters. The van der Waals surface area contributed by atoms with Crippen molar-refractivity contribution in [3.8, 4) is 0 Å². The number of benzene rings is 1. The Morgan fingerprint density at radius 2 is 2.28 bits per heavy atom. The van der Waals surface area contributed by atoms with Crippen molar-refractivity contribution in [1.82, 2.24) is 9.78 Å². The van der Waals surface area contributed by atoms with Crippen molar-refractivity contribution < 1.29 is 5.11 Å². The minimum absolute atomic E-state index is 0.546. The zero-order valence-corrected chi connectivity index (χ0v) is 11.6. The first-order valence-electron chi connectivity index (χ1n) is 6.32. The fourth-order valence-corrected chi connectivity index (χ4v) is 4.05. The van der Waals surface area contributed by atoms with Gasteiger partial charge in [-0.3, -0.25) is 4.68 Å². The van der Waals surface area contributed by atoms with E-state index in [0.717, 1.165) is 28.8 Å². The van der Waals surface area contributed by atoms with Crippen LogP contribution in [0.4, 0.5) is 0 Å². The molecule has 2 atom stereocenters. The highest BCUT2D eigenvalue weighted by Crippen LogP contribution is 2.37. The van der Waals surface area contributed by atoms with Crippen LogP contribution in [-0.2, 0) is 13.5 Å². The van der Waals surface area contributed by atoms with E-state index >= 15 is 0 Å². The number of thioether (sulfide) groups is 1. The Bertz CT molecular complexity index is 580. The lowest BCUT2D eigenvalue weighted by atomic mass is 9.94. The normalized spacial score (nSPS) is 28.1. The number of fused-ring (bicyclic) bond motifs is 1. The molecule has 1 fully saturated rings. The molecular formula is C14H18N2OS. The number of aryl methyl sites for hydroxylation is 1. The first-order chi connectivity index (χ1) is 8.57. The van der Waals surface area contributed by atoms with Crippen LogP contribution in [0, 0.1) is 0 Å². The third kappa shape index (κ3) is 2.04. The zero-order valence-electron chi connectivity index (χ0n) is 10.8. The lowest BCUT2D eigenvalue weighted by Crippen LogP contribution is -2.31. The smallest absolute Gasteiger partial charge is 0.0804 e. The van der Waals surface area contributed by atoms with Crippen LogP contribution in [0.25, 0.3) is 10.9 Å². The van der Waals surface area contributed by atoms with E-state index in [1.165, 1.54) is 0 Å². The molecule has 0 spiro atoms. The van der Waals surface area contributed by atoms with Crippen molar-refractivity contribution in [1.29, 1.82) is 0 Å². The summed E-state index contributed by atoms with van der Waals surface area (Å²) in [5.74, 6) is 0.819. The van der Waals surface area contributed by atoms with Gasteiger partial charge < -0.3 is 5.11 Å². The second-order valence-electron chi connectivity index (χ2n) is 5.31. The van der Waals surface area contributed by atoms with Crippen molar-refractivity contribution >= 4 is 22.7 Å². The number of rotatable bonds is 2. The van der Waals surface area contributed by atoms with Gasteiger partial charge in [-0.25, -0.2) is 0 Å². The summed E-state index contributed by atoms with van der Waals surface area (Å²) in [5, 5.41) is 16.9. The van der Waals surface area contributed by atoms with E-state index in [-0.39, 0.29) is 0 Å². The monoisotopic (exact) mass is 262 g/mol. The van der Waals surface area contributed by atoms with E-state index in [1.54, 1.807) is 0 Å². The highest BCUT2D eigenvalue weighted by atomic mass is 32.2. The van der Waals surface area contributed by atoms with Gasteiger partial charge in [-0.2, -0.15) is 16.9 Å². The molecule has 1 aromatic heterocycles. The highest BCUT2D eigenvalue weighted by Gasteiger charge is 2.37. The third-order valence-corrected chi connectivity index (χ3v) is 5.07. The molecule has 2 aromatic rings. The number of aromatic nitrogens is 2. The summed E-state index contributed by atoms with van der Waals surface area (Å²) in [6.07, 6.45) is 1.52. The topological polar surface area (TPSA) is 38.1 Å². The van der Waals surface area contributed by atoms with Crippen molar-refractivity contribution in [2.75, 3.05) is 5.75 Å². The summed E-state index contributed by atoms with van der Waals surface area (Å²) in [7, 11) is 1.96. The van der Waals surface area contributed by atoms with Crippen molar-refractivity contribution in [2.45, 2.75) is 30.6 Å². The molecule has 3 nitrogen and oxygen atoms in total. The lowest BCUT2D eigenvalue weighted by Gasteiger charge is -2.20. The number of para-hydroxylation sites is 1. The number of hydrogen-bond donors (Lipinski definition) is 1. The van der Waals surface area contributed by atoms with Gasteiger partial charge in [0.2, 0.25) is 0 Å². The molecule has 1 N–H and O–H groups in total. The van der Waals surface area contributed by atoms with Gasteiger partial charge >= 0.3 is 0 Å². The predicted octanol–water partition coefficient (Wildman–Crippen LogP) is 2.37. The van der Waals surface area contributed by atoms with E-state index in [9.17, 15) is 5.11 Å². The zero-order chi connectivity index (χ0) is 12.8. The molecule has 0 aliphatic carbocycles. The molecule has 0 saturated carbocycles. The average Bonchev–Trinajstić information content (AvgIpc) is 2.82. The van der Waals surface area contributed by atoms with Crippen molar-refractivity contribution in [3.63, 3.8) is 0 Å². The number of hydrogen-bond acceptors (Lipinski definition) is 3. The predicted molar refractivity (Wildman–Crippen MR) is 75.9 cm³/mol. The molecule has 3 rings (SSSR count). The van der Waals surface area contributed by atoms with Crippen LogP contribution in [0.2, 0.25) is 0 Å². The third-order valence-electron chi connectivity index (χ3n) is 3.63. The highest BCUT2D eigenvalue weighted by molar-refractivity contribution is 8.00. The summed E-state index contributed by atoms with van der Waals surface area (Å²) >= 11 is 1.85. The first kappa shape index (κ1) is 12.1. The van der Waals surface area contributed by atoms with Crippen LogP contribution < -0.4 is 0 Å². The fourth-order valence-electron chi connectivity index (χ4n) is 2.80. The Labute approximate surface area is 111 Å². The number of nitrogens with zero attached hydrogens (tertiary/aromatic N) is 2. The van der Waals surface area contributed by atoms with E-state index in [4.69, 9.17) is 0 Å². The Balaban J connectivity index is 1.96. The van der Waals surface area contributed by atoms with Crippen LogP contribution in [0.15, 0.2) is 24.3 Å². The quantitative estimate of drug-likeness (QED) is 0.903. The number of aliphatic hydroxyl groups is 1. The van der Waals surface area contributed by atoms with Crippen LogP contribution in [0.1, 0.15) is 19.0 Å². The summed E-state index contributed by atoms with van der Waals surface area (Å²) in [4.78, 5) is 0. The Hall–Kier alpha value is -1.00. The Kier molecular flexibility index (Phi) is 2.87. The average molecular weight is 262 g/mol. The molecule has 1 saturated heterocycles. The van der Waals surface area contributed by atoms with E-state index < -0.39 is 5.60 Å². The Morgan fingerprint density at radius 3 is 3.00 bits per heavy atom. The maximum atomic E-state index is 10.6. The van der Waals surface area contributed by atoms with Gasteiger partial charge in [0.15, 0.2) is 0 Å². The van der Waals surface area contributed by atoms with Crippen LogP contribution in [0.3, 0.4) is 0 Å². The van der Waals surface area contributed by atoms with E-state index in [1.807, 2.05) is 35.6 Å². The lowest BCUT2D eigenvalue weighted by molar-refractivity contribution is 0.0634. The molecule has 1 aliphatic heterocycles. The molecular weight excluding hydrogens is 244 g/mol. The van der Waals surface area contributed by atoms with Gasteiger partial charge in [-0.15, -0.1) is 0 Å². The second kappa shape index (κ2) is 4.28. The Morgan fingerprint density at radius 1 is 1.50 bits per heavy atom. The van der Waals surface area contributed by atoms with E-state index in [0.29, 0.717) is 11.7 Å². The molecule has 4 heteroatoms. The molecule has 0 bridgehead atoms. The minimum atomic E-state index is -0.582. The first-order valence-corrected chi connectivity index (χ1v) is 7.37. The van der Waals surface area contributed by atoms with Gasteiger partial charge in [-0.1, -0.05) is 25.1 Å². The van der Waals surface area contributed by atoms with Crippen molar-refractivity contribution in [3.05, 3.63) is 30.0 Å². The summed E-state index contributed by atoms with van der Waals surface area (Å²) in [5.41, 5.74) is 1.57. The summed E-state index contributed by atoms with van der Waals surface area (Å²) in [6.45, 7) is 2.18. The summed E-state index contributed by atoms with van der Waals surface area (Å²) < 4.78 is 1.90. The van der Waals surface area contributed by atoms with Gasteiger partial charge in [0.25, 0.3) is 0 Å². The largest absolute Gasteiger partial charge is 0.389 e. The molecule has 1 aromatic carbocycles. The fraction of sp³-hybridized carbons (Fsp3) is 0.500. The molecule has 0 amide bonds. The van der Waals surface area contributed by atoms with E-state index in [2.05, 4.69) is 24.2 Å². The maximum Gasteiger partial charge on any atom is 0.0804 e. The van der Waals surface area contributed by atoms with Gasteiger partial charge in [0.05, 0.1) is 16.8 Å². The maximum absolute atomic E-state index is 10.6. The van der Waals surface area contributed by atoms with Gasteiger partial charge in [0, 0.05) is 29.9 Å².